The van der Waals surface area contributed by atoms with Crippen LogP contribution >= 0.6 is 11.3 Å². The average Bonchev–Trinajstić information content (AvgIpc) is 2.73. The average molecular weight is 248 g/mol. The van der Waals surface area contributed by atoms with Crippen LogP contribution in [0.5, 0.6) is 5.75 Å². The fraction of sp³-hybridized carbons (Fsp3) is 0.308. The van der Waals surface area contributed by atoms with Crippen LogP contribution in [0, 0.1) is 6.92 Å². The van der Waals surface area contributed by atoms with E-state index in [1.165, 1.54) is 0 Å². The first-order valence-electron chi connectivity index (χ1n) is 5.54. The molecule has 2 rings (SSSR count). The van der Waals surface area contributed by atoms with Gasteiger partial charge in [-0.25, -0.2) is 4.98 Å². The number of nitrogens with zero attached hydrogens (tertiary/aromatic N) is 1. The van der Waals surface area contributed by atoms with E-state index in [2.05, 4.69) is 4.98 Å². The Morgan fingerprint density at radius 3 is 2.59 bits per heavy atom. The molecule has 90 valence electrons. The highest BCUT2D eigenvalue weighted by atomic mass is 32.1. The van der Waals surface area contributed by atoms with Gasteiger partial charge in [0.2, 0.25) is 0 Å². The molecule has 0 aliphatic carbocycles. The summed E-state index contributed by atoms with van der Waals surface area (Å²) in [5.74, 6) is 0.847. The summed E-state index contributed by atoms with van der Waals surface area (Å²) < 4.78 is 5.64. The monoisotopic (exact) mass is 248 g/mol. The molecule has 0 saturated carbocycles. The molecule has 4 heteroatoms. The Bertz CT molecular complexity index is 476. The lowest BCUT2D eigenvalue weighted by Crippen LogP contribution is -2.04. The maximum Gasteiger partial charge on any atom is 0.131 e. The van der Waals surface area contributed by atoms with Crippen LogP contribution < -0.4 is 10.5 Å². The van der Waals surface area contributed by atoms with Crippen molar-refractivity contribution in [2.75, 3.05) is 0 Å². The minimum Gasteiger partial charge on any atom is -0.487 e. The SMILES string of the molecule is Cc1nc(COc2ccc(C(C)N)cc2)cs1. The van der Waals surface area contributed by atoms with Crippen molar-refractivity contribution < 1.29 is 4.74 Å². The highest BCUT2D eigenvalue weighted by molar-refractivity contribution is 7.09. The maximum atomic E-state index is 5.78. The molecule has 3 nitrogen and oxygen atoms in total. The summed E-state index contributed by atoms with van der Waals surface area (Å²) in [6.07, 6.45) is 0. The first kappa shape index (κ1) is 12.1. The van der Waals surface area contributed by atoms with Crippen molar-refractivity contribution in [1.82, 2.24) is 4.98 Å². The Labute approximate surface area is 105 Å². The lowest BCUT2D eigenvalue weighted by Gasteiger charge is -2.07. The van der Waals surface area contributed by atoms with Crippen LogP contribution in [-0.4, -0.2) is 4.98 Å². The molecule has 17 heavy (non-hydrogen) atoms. The lowest BCUT2D eigenvalue weighted by molar-refractivity contribution is 0.302. The number of hydrogen-bond acceptors (Lipinski definition) is 4. The second kappa shape index (κ2) is 5.29. The van der Waals surface area contributed by atoms with Gasteiger partial charge in [0, 0.05) is 11.4 Å². The Hall–Kier alpha value is -1.39. The first-order chi connectivity index (χ1) is 8.15. The third-order valence-electron chi connectivity index (χ3n) is 2.46. The van der Waals surface area contributed by atoms with Crippen molar-refractivity contribution in [2.45, 2.75) is 26.5 Å². The number of ether oxygens (including phenoxy) is 1. The van der Waals surface area contributed by atoms with Crippen LogP contribution in [0.1, 0.15) is 29.2 Å². The van der Waals surface area contributed by atoms with Crippen LogP contribution in [0.4, 0.5) is 0 Å². The molecule has 1 unspecified atom stereocenters. The lowest BCUT2D eigenvalue weighted by atomic mass is 10.1. The van der Waals surface area contributed by atoms with Crippen LogP contribution in [0.25, 0.3) is 0 Å². The second-order valence-electron chi connectivity index (χ2n) is 4.00. The van der Waals surface area contributed by atoms with Crippen molar-refractivity contribution in [3.05, 3.63) is 45.9 Å². The number of nitrogens with two attached hydrogens (primary N) is 1. The van der Waals surface area contributed by atoms with E-state index in [9.17, 15) is 0 Å². The standard InChI is InChI=1S/C13H16N2OS/c1-9(14)11-3-5-13(6-4-11)16-7-12-8-17-10(2)15-12/h3-6,8-9H,7,14H2,1-2H3. The Kier molecular flexibility index (Phi) is 3.76. The predicted molar refractivity (Wildman–Crippen MR) is 70.2 cm³/mol. The third kappa shape index (κ3) is 3.28. The number of aryl methyl sites for hydroxylation is 1. The summed E-state index contributed by atoms with van der Waals surface area (Å²) in [6, 6.07) is 7.93. The van der Waals surface area contributed by atoms with Crippen LogP contribution in [0.3, 0.4) is 0 Å². The molecule has 1 aromatic heterocycles. The van der Waals surface area contributed by atoms with E-state index in [0.717, 1.165) is 22.0 Å². The van der Waals surface area contributed by atoms with E-state index in [-0.39, 0.29) is 6.04 Å². The normalized spacial score (nSPS) is 12.4. The van der Waals surface area contributed by atoms with Crippen molar-refractivity contribution >= 4 is 11.3 Å². The fourth-order valence-electron chi connectivity index (χ4n) is 1.50. The third-order valence-corrected chi connectivity index (χ3v) is 3.28. The highest BCUT2D eigenvalue weighted by Crippen LogP contribution is 2.17. The van der Waals surface area contributed by atoms with E-state index in [1.54, 1.807) is 11.3 Å². The van der Waals surface area contributed by atoms with E-state index >= 15 is 0 Å². The predicted octanol–water partition coefficient (Wildman–Crippen LogP) is 3.05. The summed E-state index contributed by atoms with van der Waals surface area (Å²) in [7, 11) is 0. The van der Waals surface area contributed by atoms with Gasteiger partial charge >= 0.3 is 0 Å². The first-order valence-corrected chi connectivity index (χ1v) is 6.42. The van der Waals surface area contributed by atoms with Crippen molar-refractivity contribution in [2.24, 2.45) is 5.73 Å². The van der Waals surface area contributed by atoms with Crippen LogP contribution in [-0.2, 0) is 6.61 Å². The van der Waals surface area contributed by atoms with Gasteiger partial charge < -0.3 is 10.5 Å². The van der Waals surface area contributed by atoms with E-state index in [4.69, 9.17) is 10.5 Å². The molecule has 0 amide bonds. The van der Waals surface area contributed by atoms with Gasteiger partial charge in [0.15, 0.2) is 0 Å². The molecule has 0 aliphatic heterocycles. The van der Waals surface area contributed by atoms with Crippen molar-refractivity contribution in [3.63, 3.8) is 0 Å². The molecule has 2 aromatic rings. The number of benzene rings is 1. The number of rotatable bonds is 4. The largest absolute Gasteiger partial charge is 0.487 e. The minimum absolute atomic E-state index is 0.0604. The van der Waals surface area contributed by atoms with Gasteiger partial charge in [-0.1, -0.05) is 12.1 Å². The number of aromatic nitrogens is 1. The minimum atomic E-state index is 0.0604. The topological polar surface area (TPSA) is 48.1 Å². The van der Waals surface area contributed by atoms with Crippen LogP contribution in [0.15, 0.2) is 29.6 Å². The molecule has 2 N–H and O–H groups in total. The molecular weight excluding hydrogens is 232 g/mol. The molecule has 0 radical (unpaired) electrons. The zero-order chi connectivity index (χ0) is 12.3. The van der Waals surface area contributed by atoms with E-state index in [1.807, 2.05) is 43.5 Å². The summed E-state index contributed by atoms with van der Waals surface area (Å²) in [4.78, 5) is 4.35. The molecule has 1 atom stereocenters. The van der Waals surface area contributed by atoms with Gasteiger partial charge in [0.05, 0.1) is 10.7 Å². The number of thiazole rings is 1. The van der Waals surface area contributed by atoms with Gasteiger partial charge in [-0.2, -0.15) is 0 Å². The van der Waals surface area contributed by atoms with Crippen LogP contribution in [0.2, 0.25) is 0 Å². The van der Waals surface area contributed by atoms with Gasteiger partial charge in [-0.05, 0) is 31.5 Å². The summed E-state index contributed by atoms with van der Waals surface area (Å²) in [6.45, 7) is 4.47. The Balaban J connectivity index is 1.95. The molecule has 0 spiro atoms. The van der Waals surface area contributed by atoms with Gasteiger partial charge in [-0.15, -0.1) is 11.3 Å². The molecule has 0 saturated heterocycles. The zero-order valence-electron chi connectivity index (χ0n) is 10.0. The Morgan fingerprint density at radius 2 is 2.06 bits per heavy atom. The fourth-order valence-corrected chi connectivity index (χ4v) is 2.10. The Morgan fingerprint density at radius 1 is 1.35 bits per heavy atom. The molecule has 1 aromatic carbocycles. The summed E-state index contributed by atoms with van der Waals surface area (Å²) in [5, 5.41) is 3.09. The van der Waals surface area contributed by atoms with E-state index < -0.39 is 0 Å². The molecule has 0 aliphatic rings. The van der Waals surface area contributed by atoms with Gasteiger partial charge in [0.25, 0.3) is 0 Å². The maximum absolute atomic E-state index is 5.78. The zero-order valence-corrected chi connectivity index (χ0v) is 10.8. The summed E-state index contributed by atoms with van der Waals surface area (Å²) in [5.41, 5.74) is 7.87. The number of hydrogen-bond donors (Lipinski definition) is 1. The van der Waals surface area contributed by atoms with Crippen molar-refractivity contribution in [1.29, 1.82) is 0 Å². The van der Waals surface area contributed by atoms with E-state index in [0.29, 0.717) is 6.61 Å². The highest BCUT2D eigenvalue weighted by Gasteiger charge is 2.01. The molecule has 0 bridgehead atoms. The second-order valence-corrected chi connectivity index (χ2v) is 5.07. The smallest absolute Gasteiger partial charge is 0.131 e. The van der Waals surface area contributed by atoms with Gasteiger partial charge in [-0.3, -0.25) is 0 Å². The molecule has 1 heterocycles. The quantitative estimate of drug-likeness (QED) is 0.904. The van der Waals surface area contributed by atoms with Gasteiger partial charge in [0.1, 0.15) is 12.4 Å². The molecule has 0 fully saturated rings. The molecular formula is C13H16N2OS. The summed E-state index contributed by atoms with van der Waals surface area (Å²) >= 11 is 1.64. The van der Waals surface area contributed by atoms with Crippen molar-refractivity contribution in [3.8, 4) is 5.75 Å².